The number of ketones is 1. The Bertz CT molecular complexity index is 702. The fourth-order valence-electron chi connectivity index (χ4n) is 5.37. The highest BCUT2D eigenvalue weighted by atomic mass is 16.5. The van der Waals surface area contributed by atoms with Gasteiger partial charge in [0.05, 0.1) is 18.1 Å². The van der Waals surface area contributed by atoms with Crippen LogP contribution in [-0.4, -0.2) is 42.3 Å². The number of piperidine rings is 1. The molecule has 1 aromatic rings. The van der Waals surface area contributed by atoms with E-state index in [4.69, 9.17) is 9.47 Å². The van der Waals surface area contributed by atoms with Gasteiger partial charge in [0.25, 0.3) is 0 Å². The Morgan fingerprint density at radius 3 is 3.09 bits per heavy atom. The van der Waals surface area contributed by atoms with Crippen molar-refractivity contribution >= 4 is 5.78 Å². The van der Waals surface area contributed by atoms with Gasteiger partial charge in [-0.15, -0.1) is 0 Å². The normalized spacial score (nSPS) is 40.9. The van der Waals surface area contributed by atoms with Crippen LogP contribution in [0, 0.1) is 0 Å². The van der Waals surface area contributed by atoms with Gasteiger partial charge in [-0.3, -0.25) is 4.79 Å². The zero-order valence-electron chi connectivity index (χ0n) is 12.5. The first kappa shape index (κ1) is 12.9. The van der Waals surface area contributed by atoms with Gasteiger partial charge >= 0.3 is 0 Å². The Labute approximate surface area is 128 Å². The summed E-state index contributed by atoms with van der Waals surface area (Å²) in [5.74, 6) is 1.45. The second-order valence-corrected chi connectivity index (χ2v) is 6.95. The van der Waals surface area contributed by atoms with E-state index >= 15 is 0 Å². The maximum absolute atomic E-state index is 12.6. The molecule has 2 N–H and O–H groups in total. The number of ether oxygens (including phenoxy) is 2. The number of hydrogen-bond donors (Lipinski definition) is 2. The summed E-state index contributed by atoms with van der Waals surface area (Å²) in [6.07, 6.45) is 1.83. The van der Waals surface area contributed by atoms with E-state index in [9.17, 15) is 9.90 Å². The fourth-order valence-corrected chi connectivity index (χ4v) is 5.37. The zero-order chi connectivity index (χ0) is 15.1. The number of Topliss-reactive ketones (excluding diaryl/α,β-unsaturated/α-hetero) is 1. The molecule has 22 heavy (non-hydrogen) atoms. The fraction of sp³-hybridized carbons (Fsp3) is 0.588. The molecule has 1 spiro atoms. The lowest BCUT2D eigenvalue weighted by molar-refractivity contribution is -0.166. The third-order valence-corrected chi connectivity index (χ3v) is 6.29. The second-order valence-electron chi connectivity index (χ2n) is 6.95. The second kappa shape index (κ2) is 3.84. The molecular formula is C17H19NO4. The lowest BCUT2D eigenvalue weighted by Crippen LogP contribution is -2.76. The van der Waals surface area contributed by atoms with Gasteiger partial charge in [-0.2, -0.15) is 0 Å². The summed E-state index contributed by atoms with van der Waals surface area (Å²) in [5.41, 5.74) is 0.699. The minimum absolute atomic E-state index is 0.00713. The van der Waals surface area contributed by atoms with Gasteiger partial charge in [-0.1, -0.05) is 6.07 Å². The molecule has 2 aliphatic heterocycles. The lowest BCUT2D eigenvalue weighted by atomic mass is 9.49. The van der Waals surface area contributed by atoms with Crippen molar-refractivity contribution < 1.29 is 19.4 Å². The number of carbonyl (C=O) groups is 1. The predicted octanol–water partition coefficient (Wildman–Crippen LogP) is 0.706. The van der Waals surface area contributed by atoms with E-state index in [1.807, 2.05) is 6.07 Å². The molecule has 0 radical (unpaired) electrons. The van der Waals surface area contributed by atoms with Gasteiger partial charge in [0.2, 0.25) is 0 Å². The summed E-state index contributed by atoms with van der Waals surface area (Å²) in [5, 5.41) is 15.0. The van der Waals surface area contributed by atoms with Gasteiger partial charge in [0.1, 0.15) is 0 Å². The molecule has 2 fully saturated rings. The Balaban J connectivity index is 1.87. The number of rotatable bonds is 1. The summed E-state index contributed by atoms with van der Waals surface area (Å²) >= 11 is 0. The molecule has 0 amide bonds. The maximum Gasteiger partial charge on any atom is 0.174 e. The highest BCUT2D eigenvalue weighted by Gasteiger charge is 2.71. The quantitative estimate of drug-likeness (QED) is 0.799. The Hall–Kier alpha value is -1.59. The van der Waals surface area contributed by atoms with Crippen LogP contribution in [0.2, 0.25) is 0 Å². The van der Waals surface area contributed by atoms with E-state index in [1.165, 1.54) is 5.56 Å². The van der Waals surface area contributed by atoms with Crippen LogP contribution in [0.4, 0.5) is 0 Å². The molecule has 5 nitrogen and oxygen atoms in total. The summed E-state index contributed by atoms with van der Waals surface area (Å²) < 4.78 is 11.6. The minimum atomic E-state index is -0.908. The summed E-state index contributed by atoms with van der Waals surface area (Å²) in [7, 11) is 1.61. The molecule has 2 aliphatic carbocycles. The summed E-state index contributed by atoms with van der Waals surface area (Å²) in [4.78, 5) is 12.6. The van der Waals surface area contributed by atoms with Crippen molar-refractivity contribution in [1.82, 2.24) is 5.32 Å². The molecule has 0 aromatic heterocycles. The monoisotopic (exact) mass is 301 g/mol. The van der Waals surface area contributed by atoms with Crippen molar-refractivity contribution in [2.45, 2.75) is 48.8 Å². The topological polar surface area (TPSA) is 67.8 Å². The van der Waals surface area contributed by atoms with Crippen molar-refractivity contribution in [1.29, 1.82) is 0 Å². The maximum atomic E-state index is 12.6. The smallest absolute Gasteiger partial charge is 0.174 e. The van der Waals surface area contributed by atoms with Gasteiger partial charge in [0, 0.05) is 18.0 Å². The molecule has 1 unspecified atom stereocenters. The van der Waals surface area contributed by atoms with Gasteiger partial charge in [-0.05, 0) is 37.4 Å². The van der Waals surface area contributed by atoms with E-state index in [0.29, 0.717) is 24.3 Å². The van der Waals surface area contributed by atoms with Gasteiger partial charge < -0.3 is 19.9 Å². The highest BCUT2D eigenvalue weighted by Crippen LogP contribution is 2.63. The number of benzene rings is 1. The predicted molar refractivity (Wildman–Crippen MR) is 78.4 cm³/mol. The largest absolute Gasteiger partial charge is 0.493 e. The van der Waals surface area contributed by atoms with Crippen LogP contribution in [-0.2, 0) is 16.6 Å². The number of carbonyl (C=O) groups excluding carboxylic acids is 1. The Kier molecular flexibility index (Phi) is 2.25. The van der Waals surface area contributed by atoms with E-state index in [2.05, 4.69) is 11.4 Å². The first-order valence-corrected chi connectivity index (χ1v) is 7.97. The summed E-state index contributed by atoms with van der Waals surface area (Å²) in [6.45, 7) is 0.802. The third kappa shape index (κ3) is 1.16. The Morgan fingerprint density at radius 1 is 1.41 bits per heavy atom. The SMILES string of the molecule is COc1ccc2c3c1OC1C(=O)CC[C@]4(O)[C@H](C2)NCC[C@@]314. The molecule has 4 atom stereocenters. The summed E-state index contributed by atoms with van der Waals surface area (Å²) in [6, 6.07) is 3.96. The average Bonchev–Trinajstić information content (AvgIpc) is 2.85. The van der Waals surface area contributed by atoms with Crippen molar-refractivity contribution in [3.63, 3.8) is 0 Å². The molecule has 2 heterocycles. The van der Waals surface area contributed by atoms with Crippen LogP contribution in [0.25, 0.3) is 0 Å². The van der Waals surface area contributed by atoms with Gasteiger partial charge in [0.15, 0.2) is 23.4 Å². The molecule has 5 heteroatoms. The molecule has 1 saturated carbocycles. The van der Waals surface area contributed by atoms with Crippen LogP contribution in [0.3, 0.4) is 0 Å². The van der Waals surface area contributed by atoms with E-state index < -0.39 is 17.1 Å². The van der Waals surface area contributed by atoms with Crippen molar-refractivity contribution in [2.24, 2.45) is 0 Å². The van der Waals surface area contributed by atoms with Crippen LogP contribution >= 0.6 is 0 Å². The van der Waals surface area contributed by atoms with Crippen LogP contribution in [0.1, 0.15) is 30.4 Å². The number of aliphatic hydroxyl groups is 1. The molecule has 5 rings (SSSR count). The van der Waals surface area contributed by atoms with Crippen molar-refractivity contribution in [2.75, 3.05) is 13.7 Å². The minimum Gasteiger partial charge on any atom is -0.493 e. The van der Waals surface area contributed by atoms with Crippen molar-refractivity contribution in [3.8, 4) is 11.5 Å². The number of hydrogen-bond acceptors (Lipinski definition) is 5. The number of methoxy groups -OCH3 is 1. The third-order valence-electron chi connectivity index (χ3n) is 6.29. The van der Waals surface area contributed by atoms with Crippen LogP contribution in [0.5, 0.6) is 11.5 Å². The average molecular weight is 301 g/mol. The molecular weight excluding hydrogens is 282 g/mol. The Morgan fingerprint density at radius 2 is 2.27 bits per heavy atom. The lowest BCUT2D eigenvalue weighted by Gasteiger charge is -2.59. The first-order valence-electron chi connectivity index (χ1n) is 7.97. The standard InChI is InChI=1S/C17H19NO4/c1-21-11-3-2-9-8-12-17(20)5-4-10(19)15-16(17,6-7-18-12)13(9)14(11)22-15/h2-3,12,15,18,20H,4-8H2,1H3/t12-,15?,16+,17-/m0/s1. The molecule has 116 valence electrons. The first-order chi connectivity index (χ1) is 10.6. The van der Waals surface area contributed by atoms with Crippen LogP contribution < -0.4 is 14.8 Å². The van der Waals surface area contributed by atoms with E-state index in [0.717, 1.165) is 24.9 Å². The van der Waals surface area contributed by atoms with Crippen LogP contribution in [0.15, 0.2) is 12.1 Å². The van der Waals surface area contributed by atoms with E-state index in [-0.39, 0.29) is 11.8 Å². The molecule has 1 aromatic carbocycles. The number of nitrogens with one attached hydrogen (secondary N) is 1. The zero-order valence-corrected chi connectivity index (χ0v) is 12.5. The molecule has 1 saturated heterocycles. The van der Waals surface area contributed by atoms with Gasteiger partial charge in [-0.25, -0.2) is 0 Å². The molecule has 4 aliphatic rings. The molecule has 2 bridgehead atoms. The highest BCUT2D eigenvalue weighted by molar-refractivity contribution is 5.90. The van der Waals surface area contributed by atoms with Crippen molar-refractivity contribution in [3.05, 3.63) is 23.3 Å². The van der Waals surface area contributed by atoms with E-state index in [1.54, 1.807) is 7.11 Å².